The fraction of sp³-hybridized carbons (Fsp3) is 0.314. The first-order chi connectivity index (χ1) is 19.6. The van der Waals surface area contributed by atoms with Crippen molar-refractivity contribution in [3.63, 3.8) is 0 Å². The van der Waals surface area contributed by atoms with Gasteiger partial charge >= 0.3 is 5.97 Å². The molecule has 41 heavy (non-hydrogen) atoms. The Morgan fingerprint density at radius 3 is 2.49 bits per heavy atom. The quantitative estimate of drug-likeness (QED) is 0.163. The van der Waals surface area contributed by atoms with Crippen LogP contribution >= 0.6 is 23.4 Å². The van der Waals surface area contributed by atoms with E-state index in [1.54, 1.807) is 11.8 Å². The number of fused-ring (bicyclic) bond motifs is 1. The van der Waals surface area contributed by atoms with Crippen molar-refractivity contribution in [1.82, 2.24) is 4.98 Å². The third-order valence-corrected chi connectivity index (χ3v) is 8.90. The molecule has 6 heteroatoms. The van der Waals surface area contributed by atoms with Crippen LogP contribution in [-0.2, 0) is 17.6 Å². The fourth-order valence-electron chi connectivity index (χ4n) is 4.91. The second-order valence-electron chi connectivity index (χ2n) is 11.1. The van der Waals surface area contributed by atoms with E-state index in [9.17, 15) is 15.0 Å². The molecule has 0 spiro atoms. The lowest BCUT2D eigenvalue weighted by molar-refractivity contribution is -0.140. The second kappa shape index (κ2) is 14.2. The Kier molecular flexibility index (Phi) is 10.7. The highest BCUT2D eigenvalue weighted by Crippen LogP contribution is 2.36. The number of carboxylic acids is 1. The van der Waals surface area contributed by atoms with Crippen LogP contribution in [0.2, 0.25) is 5.02 Å². The highest BCUT2D eigenvalue weighted by molar-refractivity contribution is 7.99. The van der Waals surface area contributed by atoms with E-state index in [0.29, 0.717) is 23.6 Å². The highest BCUT2D eigenvalue weighted by atomic mass is 35.5. The Morgan fingerprint density at radius 2 is 1.76 bits per heavy atom. The summed E-state index contributed by atoms with van der Waals surface area (Å²) in [7, 11) is 0. The number of hydrogen-bond donors (Lipinski definition) is 2. The Labute approximate surface area is 252 Å². The van der Waals surface area contributed by atoms with Gasteiger partial charge in [0.2, 0.25) is 0 Å². The van der Waals surface area contributed by atoms with Gasteiger partial charge in [-0.2, -0.15) is 11.8 Å². The summed E-state index contributed by atoms with van der Waals surface area (Å²) in [6.45, 7) is 5.60. The van der Waals surface area contributed by atoms with Gasteiger partial charge in [0, 0.05) is 27.8 Å². The van der Waals surface area contributed by atoms with E-state index in [-0.39, 0.29) is 11.2 Å². The molecular formula is C35H38ClNO3S. The second-order valence-corrected chi connectivity index (χ2v) is 12.8. The van der Waals surface area contributed by atoms with Crippen LogP contribution in [0.25, 0.3) is 23.1 Å². The molecule has 4 nitrogen and oxygen atoms in total. The Bertz CT molecular complexity index is 1510. The first kappa shape index (κ1) is 30.8. The molecule has 4 rings (SSSR count). The third-order valence-electron chi connectivity index (χ3n) is 7.16. The highest BCUT2D eigenvalue weighted by Gasteiger charge is 2.21. The first-order valence-electron chi connectivity index (χ1n) is 14.1. The lowest BCUT2D eigenvalue weighted by Gasteiger charge is -2.22. The number of halogens is 1. The molecule has 0 radical (unpaired) electrons. The number of thioether (sulfide) groups is 1. The van der Waals surface area contributed by atoms with E-state index in [2.05, 4.69) is 42.5 Å². The average molecular weight is 588 g/mol. The summed E-state index contributed by atoms with van der Waals surface area (Å²) in [5.41, 5.74) is 5.55. The molecule has 2 atom stereocenters. The van der Waals surface area contributed by atoms with Crippen molar-refractivity contribution < 1.29 is 15.0 Å². The van der Waals surface area contributed by atoms with Gasteiger partial charge in [0.25, 0.3) is 0 Å². The predicted octanol–water partition coefficient (Wildman–Crippen LogP) is 8.89. The zero-order chi connectivity index (χ0) is 29.4. The van der Waals surface area contributed by atoms with Crippen molar-refractivity contribution in [2.24, 2.45) is 5.92 Å². The van der Waals surface area contributed by atoms with E-state index in [1.807, 2.05) is 69.3 Å². The summed E-state index contributed by atoms with van der Waals surface area (Å²) in [6, 6.07) is 26.5. The molecule has 4 aromatic rings. The number of carboxylic acid groups (broad SMARTS) is 1. The fourth-order valence-corrected chi connectivity index (χ4v) is 6.55. The summed E-state index contributed by atoms with van der Waals surface area (Å²) < 4.78 is 0. The van der Waals surface area contributed by atoms with Crippen LogP contribution in [0.3, 0.4) is 0 Å². The summed E-state index contributed by atoms with van der Waals surface area (Å²) >= 11 is 7.88. The molecule has 0 bridgehead atoms. The molecule has 0 saturated heterocycles. The zero-order valence-corrected chi connectivity index (χ0v) is 25.5. The number of aromatic nitrogens is 1. The van der Waals surface area contributed by atoms with E-state index in [0.717, 1.165) is 40.6 Å². The van der Waals surface area contributed by atoms with Gasteiger partial charge in [0.1, 0.15) is 0 Å². The average Bonchev–Trinajstić information content (AvgIpc) is 2.93. The van der Waals surface area contributed by atoms with E-state index in [4.69, 9.17) is 16.6 Å². The van der Waals surface area contributed by atoms with Crippen LogP contribution in [-0.4, -0.2) is 32.5 Å². The van der Waals surface area contributed by atoms with Crippen LogP contribution < -0.4 is 0 Å². The molecule has 1 unspecified atom stereocenters. The Morgan fingerprint density at radius 1 is 1.00 bits per heavy atom. The van der Waals surface area contributed by atoms with Crippen LogP contribution in [0.15, 0.2) is 78.9 Å². The summed E-state index contributed by atoms with van der Waals surface area (Å²) in [5, 5.41) is 21.9. The van der Waals surface area contributed by atoms with Gasteiger partial charge in [0.05, 0.1) is 22.7 Å². The van der Waals surface area contributed by atoms with Gasteiger partial charge < -0.3 is 10.2 Å². The van der Waals surface area contributed by atoms with Gasteiger partial charge in [-0.05, 0) is 79.6 Å². The Balaban J connectivity index is 1.56. The summed E-state index contributed by atoms with van der Waals surface area (Å²) in [5.74, 6) is -0.554. The molecule has 0 amide bonds. The number of nitrogens with zero attached hydrogens (tertiary/aromatic N) is 1. The lowest BCUT2D eigenvalue weighted by Crippen LogP contribution is -2.22. The smallest absolute Gasteiger partial charge is 0.307 e. The van der Waals surface area contributed by atoms with Gasteiger partial charge in [-0.15, -0.1) is 0 Å². The molecule has 0 aliphatic rings. The number of rotatable bonds is 13. The number of pyridine rings is 1. The molecule has 1 heterocycles. The van der Waals surface area contributed by atoms with Gasteiger partial charge in [-0.25, -0.2) is 4.98 Å². The SMILES string of the molecule is CCC(CS[C@@H](CCc1ccccc1CC(C)(C)O)c1cccc(/C=C/c2ccc3ccc(Cl)cc3n2)c1)C(=O)O. The normalized spacial score (nSPS) is 13.5. The lowest BCUT2D eigenvalue weighted by atomic mass is 9.92. The van der Waals surface area contributed by atoms with Crippen LogP contribution in [0.1, 0.15) is 66.8 Å². The monoisotopic (exact) mass is 587 g/mol. The maximum Gasteiger partial charge on any atom is 0.307 e. The molecule has 1 aromatic heterocycles. The van der Waals surface area contributed by atoms with Crippen molar-refractivity contribution >= 4 is 52.4 Å². The van der Waals surface area contributed by atoms with Crippen molar-refractivity contribution in [2.75, 3.05) is 5.75 Å². The van der Waals surface area contributed by atoms with Gasteiger partial charge in [-0.3, -0.25) is 4.79 Å². The Hall–Kier alpha value is -3.12. The predicted molar refractivity (Wildman–Crippen MR) is 174 cm³/mol. The number of hydrogen-bond acceptors (Lipinski definition) is 4. The van der Waals surface area contributed by atoms with Crippen molar-refractivity contribution in [3.05, 3.63) is 112 Å². The zero-order valence-electron chi connectivity index (χ0n) is 23.9. The topological polar surface area (TPSA) is 70.4 Å². The number of aliphatic carboxylic acids is 1. The molecule has 214 valence electrons. The molecule has 0 fully saturated rings. The summed E-state index contributed by atoms with van der Waals surface area (Å²) in [4.78, 5) is 16.5. The number of aryl methyl sites for hydroxylation is 1. The third kappa shape index (κ3) is 9.19. The molecule has 0 aliphatic heterocycles. The molecular weight excluding hydrogens is 550 g/mol. The molecule has 0 aliphatic carbocycles. The van der Waals surface area contributed by atoms with Crippen molar-refractivity contribution in [2.45, 2.75) is 57.3 Å². The maximum atomic E-state index is 11.8. The van der Waals surface area contributed by atoms with Crippen LogP contribution in [0, 0.1) is 5.92 Å². The minimum atomic E-state index is -0.785. The van der Waals surface area contributed by atoms with Crippen molar-refractivity contribution in [1.29, 1.82) is 0 Å². The molecule has 0 saturated carbocycles. The molecule has 3 aromatic carbocycles. The minimum Gasteiger partial charge on any atom is -0.481 e. The first-order valence-corrected chi connectivity index (χ1v) is 15.5. The van der Waals surface area contributed by atoms with Crippen LogP contribution in [0.5, 0.6) is 0 Å². The molecule has 2 N–H and O–H groups in total. The van der Waals surface area contributed by atoms with E-state index in [1.165, 1.54) is 11.1 Å². The van der Waals surface area contributed by atoms with Crippen LogP contribution in [0.4, 0.5) is 0 Å². The van der Waals surface area contributed by atoms with Crippen molar-refractivity contribution in [3.8, 4) is 0 Å². The van der Waals surface area contributed by atoms with Gasteiger partial charge in [-0.1, -0.05) is 85.3 Å². The van der Waals surface area contributed by atoms with E-state index < -0.39 is 11.6 Å². The minimum absolute atomic E-state index is 0.132. The maximum absolute atomic E-state index is 11.8. The summed E-state index contributed by atoms with van der Waals surface area (Å²) in [6.07, 6.45) is 6.98. The largest absolute Gasteiger partial charge is 0.481 e. The van der Waals surface area contributed by atoms with E-state index >= 15 is 0 Å². The van der Waals surface area contributed by atoms with Gasteiger partial charge in [0.15, 0.2) is 0 Å². The number of aliphatic hydroxyl groups is 1. The number of benzene rings is 3. The standard InChI is InChI=1S/C35H38ClNO3S/c1-4-25(34(38)39)23-41-33(19-15-26-9-5-6-10-29(26)22-35(2,3)40)28-11-7-8-24(20-28)12-17-31-18-14-27-13-16-30(36)21-32(27)37-31/h5-14,16-18,20-21,25,33,40H,4,15,19,22-23H2,1-3H3,(H,38,39)/b17-12+/t25?,33-/m0/s1. The number of carbonyl (C=O) groups is 1.